The summed E-state index contributed by atoms with van der Waals surface area (Å²) in [6, 6.07) is 8.23. The van der Waals surface area contributed by atoms with E-state index < -0.39 is 40.8 Å². The second kappa shape index (κ2) is 8.95. The zero-order valence-electron chi connectivity index (χ0n) is 15.3. The molecular weight excluding hydrogens is 401 g/mol. The van der Waals surface area contributed by atoms with Gasteiger partial charge in [0.25, 0.3) is 0 Å². The first-order chi connectivity index (χ1) is 14.3. The Morgan fingerprint density at radius 2 is 1.73 bits per heavy atom. The van der Waals surface area contributed by atoms with E-state index in [2.05, 4.69) is 4.98 Å². The van der Waals surface area contributed by atoms with Crippen LogP contribution in [0.25, 0.3) is 0 Å². The van der Waals surface area contributed by atoms with Crippen molar-refractivity contribution < 1.29 is 27.5 Å². The minimum atomic E-state index is -1.06. The van der Waals surface area contributed by atoms with E-state index in [4.69, 9.17) is 10.5 Å². The minimum absolute atomic E-state index is 0.133. The van der Waals surface area contributed by atoms with Crippen LogP contribution in [0.15, 0.2) is 54.7 Å². The molecule has 1 heterocycles. The van der Waals surface area contributed by atoms with Gasteiger partial charge in [-0.05, 0) is 23.8 Å². The molecule has 4 N–H and O–H groups in total. The second-order valence-electron chi connectivity index (χ2n) is 6.09. The molecule has 154 valence electrons. The topological polar surface area (TPSA) is 106 Å². The molecule has 0 bridgehead atoms. The lowest BCUT2D eigenvalue weighted by molar-refractivity contribution is -0.119. The zero-order valence-corrected chi connectivity index (χ0v) is 15.3. The normalized spacial score (nSPS) is 10.4. The molecule has 0 aliphatic carbocycles. The molecular formula is C20H15F3N4O3. The minimum Gasteiger partial charge on any atom is -0.454 e. The first-order valence-corrected chi connectivity index (χ1v) is 8.54. The Morgan fingerprint density at radius 3 is 2.43 bits per heavy atom. The third kappa shape index (κ3) is 5.47. The summed E-state index contributed by atoms with van der Waals surface area (Å²) < 4.78 is 46.6. The molecule has 0 atom stereocenters. The van der Waals surface area contributed by atoms with Crippen molar-refractivity contribution in [2.24, 2.45) is 0 Å². The molecule has 0 aliphatic heterocycles. The summed E-state index contributed by atoms with van der Waals surface area (Å²) in [6.45, 7) is 0. The fourth-order valence-electron chi connectivity index (χ4n) is 2.43. The van der Waals surface area contributed by atoms with Gasteiger partial charge in [-0.1, -0.05) is 12.1 Å². The largest absolute Gasteiger partial charge is 0.454 e. The van der Waals surface area contributed by atoms with Crippen LogP contribution in [0.4, 0.5) is 29.5 Å². The lowest BCUT2D eigenvalue weighted by atomic mass is 10.1. The molecule has 0 saturated heterocycles. The quantitative estimate of drug-likeness (QED) is 0.587. The third-order valence-corrected chi connectivity index (χ3v) is 3.78. The Hall–Kier alpha value is -4.08. The number of imide groups is 1. The van der Waals surface area contributed by atoms with E-state index in [9.17, 15) is 22.8 Å². The number of hydrogen-bond donors (Lipinski definition) is 3. The van der Waals surface area contributed by atoms with Crippen molar-refractivity contribution in [1.82, 2.24) is 10.3 Å². The third-order valence-electron chi connectivity index (χ3n) is 3.78. The molecule has 0 aliphatic rings. The SMILES string of the molecule is Nc1cc(Oc2cc(F)c(NC(=O)NC(=O)Cc3ccc(F)cc3)cc2F)ccn1. The number of pyridine rings is 1. The summed E-state index contributed by atoms with van der Waals surface area (Å²) in [5.41, 5.74) is 5.47. The van der Waals surface area contributed by atoms with Gasteiger partial charge in [0.1, 0.15) is 17.4 Å². The van der Waals surface area contributed by atoms with Crippen molar-refractivity contribution in [2.75, 3.05) is 11.1 Å². The number of anilines is 2. The molecule has 3 amide bonds. The highest BCUT2D eigenvalue weighted by molar-refractivity contribution is 6.01. The molecule has 0 spiro atoms. The predicted molar refractivity (Wildman–Crippen MR) is 102 cm³/mol. The standard InChI is InChI=1S/C20H15F3N4O3/c21-12-3-1-11(2-4-12)7-19(28)27-20(29)26-16-9-15(23)17(10-14(16)22)30-13-5-6-25-18(24)8-13/h1-6,8-10H,7H2,(H2,24,25)(H2,26,27,28,29). The van der Waals surface area contributed by atoms with Gasteiger partial charge in [0.15, 0.2) is 17.4 Å². The first kappa shape index (κ1) is 20.6. The second-order valence-corrected chi connectivity index (χ2v) is 6.09. The van der Waals surface area contributed by atoms with Gasteiger partial charge in [0, 0.05) is 24.4 Å². The number of carbonyl (C=O) groups excluding carboxylic acids is 2. The van der Waals surface area contributed by atoms with Crippen LogP contribution in [0.3, 0.4) is 0 Å². The highest BCUT2D eigenvalue weighted by atomic mass is 19.1. The Kier molecular flexibility index (Phi) is 6.16. The molecule has 0 saturated carbocycles. The number of urea groups is 1. The zero-order chi connectivity index (χ0) is 21.7. The molecule has 10 heteroatoms. The maximum atomic E-state index is 14.2. The maximum Gasteiger partial charge on any atom is 0.325 e. The Labute approximate surface area is 168 Å². The first-order valence-electron chi connectivity index (χ1n) is 8.54. The number of nitrogens with two attached hydrogens (primary N) is 1. The van der Waals surface area contributed by atoms with Crippen LogP contribution in [0.5, 0.6) is 11.5 Å². The molecule has 0 radical (unpaired) electrons. The predicted octanol–water partition coefficient (Wildman–Crippen LogP) is 3.76. The number of rotatable bonds is 5. The van der Waals surface area contributed by atoms with Gasteiger partial charge in [0.05, 0.1) is 12.1 Å². The fraction of sp³-hybridized carbons (Fsp3) is 0.0500. The van der Waals surface area contributed by atoms with Crippen molar-refractivity contribution in [1.29, 1.82) is 0 Å². The van der Waals surface area contributed by atoms with Gasteiger partial charge in [-0.15, -0.1) is 0 Å². The van der Waals surface area contributed by atoms with Crippen LogP contribution in [0.1, 0.15) is 5.56 Å². The number of nitrogens with zero attached hydrogens (tertiary/aromatic N) is 1. The van der Waals surface area contributed by atoms with Crippen LogP contribution in [-0.4, -0.2) is 16.9 Å². The number of halogens is 3. The highest BCUT2D eigenvalue weighted by Crippen LogP contribution is 2.29. The van der Waals surface area contributed by atoms with E-state index in [1.54, 1.807) is 0 Å². The van der Waals surface area contributed by atoms with E-state index >= 15 is 0 Å². The smallest absolute Gasteiger partial charge is 0.325 e. The van der Waals surface area contributed by atoms with Crippen molar-refractivity contribution in [3.8, 4) is 11.5 Å². The number of hydrogen-bond acceptors (Lipinski definition) is 5. The van der Waals surface area contributed by atoms with Crippen molar-refractivity contribution >= 4 is 23.4 Å². The molecule has 0 unspecified atom stereocenters. The summed E-state index contributed by atoms with van der Waals surface area (Å²) in [7, 11) is 0. The lowest BCUT2D eigenvalue weighted by Gasteiger charge is -2.11. The number of carbonyl (C=O) groups is 2. The van der Waals surface area contributed by atoms with Crippen molar-refractivity contribution in [3.05, 3.63) is 77.7 Å². The summed E-state index contributed by atoms with van der Waals surface area (Å²) in [6.07, 6.45) is 1.13. The fourth-order valence-corrected chi connectivity index (χ4v) is 2.43. The lowest BCUT2D eigenvalue weighted by Crippen LogP contribution is -2.35. The number of benzene rings is 2. The van der Waals surface area contributed by atoms with Gasteiger partial charge in [0.2, 0.25) is 5.91 Å². The van der Waals surface area contributed by atoms with E-state index in [-0.39, 0.29) is 18.0 Å². The summed E-state index contributed by atoms with van der Waals surface area (Å²) in [4.78, 5) is 27.5. The van der Waals surface area contributed by atoms with Crippen LogP contribution in [0.2, 0.25) is 0 Å². The van der Waals surface area contributed by atoms with Crippen LogP contribution < -0.4 is 21.1 Å². The van der Waals surface area contributed by atoms with Crippen LogP contribution in [0, 0.1) is 17.5 Å². The van der Waals surface area contributed by atoms with E-state index in [0.717, 1.165) is 6.07 Å². The van der Waals surface area contributed by atoms with E-state index in [1.807, 2.05) is 10.6 Å². The Morgan fingerprint density at radius 1 is 1.00 bits per heavy atom. The molecule has 30 heavy (non-hydrogen) atoms. The highest BCUT2D eigenvalue weighted by Gasteiger charge is 2.16. The van der Waals surface area contributed by atoms with Crippen LogP contribution in [-0.2, 0) is 11.2 Å². The van der Waals surface area contributed by atoms with E-state index in [1.165, 1.54) is 42.6 Å². The van der Waals surface area contributed by atoms with Crippen LogP contribution >= 0.6 is 0 Å². The number of nitrogens with one attached hydrogen (secondary N) is 2. The van der Waals surface area contributed by atoms with Gasteiger partial charge in [-0.25, -0.2) is 22.9 Å². The average molecular weight is 416 g/mol. The average Bonchev–Trinajstić information content (AvgIpc) is 2.67. The number of amides is 3. The van der Waals surface area contributed by atoms with Gasteiger partial charge < -0.3 is 15.8 Å². The molecule has 3 rings (SSSR count). The molecule has 7 nitrogen and oxygen atoms in total. The Balaban J connectivity index is 1.63. The summed E-state index contributed by atoms with van der Waals surface area (Å²) in [5, 5.41) is 4.02. The van der Waals surface area contributed by atoms with Crippen molar-refractivity contribution in [2.45, 2.75) is 6.42 Å². The van der Waals surface area contributed by atoms with Gasteiger partial charge in [-0.3, -0.25) is 10.1 Å². The number of ether oxygens (including phenoxy) is 1. The number of aromatic nitrogens is 1. The molecule has 2 aromatic carbocycles. The number of nitrogen functional groups attached to an aromatic ring is 1. The van der Waals surface area contributed by atoms with Gasteiger partial charge in [-0.2, -0.15) is 0 Å². The van der Waals surface area contributed by atoms with Crippen molar-refractivity contribution in [3.63, 3.8) is 0 Å². The Bertz CT molecular complexity index is 1090. The molecule has 0 fully saturated rings. The summed E-state index contributed by atoms with van der Waals surface area (Å²) in [5.74, 6) is -3.28. The summed E-state index contributed by atoms with van der Waals surface area (Å²) >= 11 is 0. The van der Waals surface area contributed by atoms with Gasteiger partial charge >= 0.3 is 6.03 Å². The maximum absolute atomic E-state index is 14.2. The van der Waals surface area contributed by atoms with E-state index in [0.29, 0.717) is 11.6 Å². The molecule has 1 aromatic heterocycles. The molecule has 3 aromatic rings. The monoisotopic (exact) mass is 416 g/mol.